The molecule has 0 aliphatic carbocycles. The molecule has 1 aromatic carbocycles. The standard InChI is InChI=1S/C12H13N3/c13-11-6-3-7-15(11)12-8-9-4-1-2-5-10(9)14-12/h1-2,4-5,8,13-14H,3,6-7H2. The van der Waals surface area contributed by atoms with E-state index in [4.69, 9.17) is 5.41 Å². The Labute approximate surface area is 88.2 Å². The number of para-hydroxylation sites is 1. The van der Waals surface area contributed by atoms with Crippen molar-refractivity contribution in [3.63, 3.8) is 0 Å². The third kappa shape index (κ3) is 1.31. The van der Waals surface area contributed by atoms with Gasteiger partial charge in [0.15, 0.2) is 0 Å². The van der Waals surface area contributed by atoms with Gasteiger partial charge in [0.05, 0.1) is 0 Å². The van der Waals surface area contributed by atoms with Crippen molar-refractivity contribution in [2.24, 2.45) is 0 Å². The summed E-state index contributed by atoms with van der Waals surface area (Å²) in [6, 6.07) is 10.3. The predicted molar refractivity (Wildman–Crippen MR) is 62.6 cm³/mol. The van der Waals surface area contributed by atoms with Crippen LogP contribution < -0.4 is 4.90 Å². The Balaban J connectivity index is 2.08. The minimum Gasteiger partial charge on any atom is -0.341 e. The van der Waals surface area contributed by atoms with E-state index in [-0.39, 0.29) is 0 Å². The number of rotatable bonds is 1. The number of amidine groups is 1. The zero-order valence-corrected chi connectivity index (χ0v) is 8.46. The minimum absolute atomic E-state index is 0.724. The number of aromatic nitrogens is 1. The van der Waals surface area contributed by atoms with E-state index in [0.29, 0.717) is 0 Å². The molecular formula is C12H13N3. The lowest BCUT2D eigenvalue weighted by Crippen LogP contribution is -2.23. The van der Waals surface area contributed by atoms with E-state index in [2.05, 4.69) is 28.1 Å². The lowest BCUT2D eigenvalue weighted by Gasteiger charge is -2.14. The van der Waals surface area contributed by atoms with Crippen molar-refractivity contribution < 1.29 is 0 Å². The molecule has 3 nitrogen and oxygen atoms in total. The Morgan fingerprint density at radius 3 is 2.87 bits per heavy atom. The molecule has 1 fully saturated rings. The number of H-pyrrole nitrogens is 1. The molecule has 76 valence electrons. The van der Waals surface area contributed by atoms with Gasteiger partial charge < -0.3 is 9.88 Å². The van der Waals surface area contributed by atoms with Crippen molar-refractivity contribution in [3.05, 3.63) is 30.3 Å². The largest absolute Gasteiger partial charge is 0.341 e. The van der Waals surface area contributed by atoms with Crippen molar-refractivity contribution >= 4 is 22.6 Å². The van der Waals surface area contributed by atoms with Crippen LogP contribution in [0.25, 0.3) is 10.9 Å². The van der Waals surface area contributed by atoms with Gasteiger partial charge in [-0.2, -0.15) is 0 Å². The van der Waals surface area contributed by atoms with Crippen LogP contribution in [-0.2, 0) is 0 Å². The summed E-state index contributed by atoms with van der Waals surface area (Å²) in [6.45, 7) is 0.964. The smallest absolute Gasteiger partial charge is 0.112 e. The number of nitrogens with one attached hydrogen (secondary N) is 2. The molecule has 2 N–H and O–H groups in total. The topological polar surface area (TPSA) is 42.9 Å². The Hall–Kier alpha value is -1.77. The Morgan fingerprint density at radius 1 is 1.27 bits per heavy atom. The van der Waals surface area contributed by atoms with Crippen LogP contribution in [0.4, 0.5) is 5.82 Å². The second kappa shape index (κ2) is 3.12. The predicted octanol–water partition coefficient (Wildman–Crippen LogP) is 2.75. The van der Waals surface area contributed by atoms with E-state index in [1.165, 1.54) is 5.39 Å². The first-order valence-electron chi connectivity index (χ1n) is 5.27. The highest BCUT2D eigenvalue weighted by Gasteiger charge is 2.19. The van der Waals surface area contributed by atoms with Crippen molar-refractivity contribution in [1.82, 2.24) is 4.98 Å². The van der Waals surface area contributed by atoms with Gasteiger partial charge in [-0.25, -0.2) is 0 Å². The Bertz CT molecular complexity index is 479. The van der Waals surface area contributed by atoms with Crippen LogP contribution >= 0.6 is 0 Å². The van der Waals surface area contributed by atoms with E-state index in [1.807, 2.05) is 12.1 Å². The van der Waals surface area contributed by atoms with E-state index >= 15 is 0 Å². The van der Waals surface area contributed by atoms with E-state index in [9.17, 15) is 0 Å². The summed E-state index contributed by atoms with van der Waals surface area (Å²) in [6.07, 6.45) is 1.99. The highest BCUT2D eigenvalue weighted by atomic mass is 15.2. The lowest BCUT2D eigenvalue weighted by molar-refractivity contribution is 0.949. The molecule has 1 aliphatic rings. The molecule has 1 aliphatic heterocycles. The summed E-state index contributed by atoms with van der Waals surface area (Å²) in [5.41, 5.74) is 1.15. The molecule has 3 heteroatoms. The van der Waals surface area contributed by atoms with Gasteiger partial charge in [0, 0.05) is 23.9 Å². The van der Waals surface area contributed by atoms with Crippen molar-refractivity contribution in [3.8, 4) is 0 Å². The first kappa shape index (κ1) is 8.53. The van der Waals surface area contributed by atoms with Crippen LogP contribution in [0.2, 0.25) is 0 Å². The van der Waals surface area contributed by atoms with Crippen LogP contribution in [0.5, 0.6) is 0 Å². The first-order valence-corrected chi connectivity index (χ1v) is 5.27. The van der Waals surface area contributed by atoms with E-state index in [1.54, 1.807) is 0 Å². The molecule has 3 rings (SSSR count). The zero-order valence-electron chi connectivity index (χ0n) is 8.46. The summed E-state index contributed by atoms with van der Waals surface area (Å²) >= 11 is 0. The van der Waals surface area contributed by atoms with E-state index in [0.717, 1.165) is 36.6 Å². The average molecular weight is 199 g/mol. The number of hydrogen-bond acceptors (Lipinski definition) is 1. The van der Waals surface area contributed by atoms with Crippen molar-refractivity contribution in [1.29, 1.82) is 5.41 Å². The van der Waals surface area contributed by atoms with Crippen LogP contribution in [0.1, 0.15) is 12.8 Å². The number of anilines is 1. The van der Waals surface area contributed by atoms with Crippen molar-refractivity contribution in [2.75, 3.05) is 11.4 Å². The average Bonchev–Trinajstić information content (AvgIpc) is 2.82. The molecule has 0 bridgehead atoms. The molecule has 0 amide bonds. The number of benzene rings is 1. The molecule has 0 saturated carbocycles. The quantitative estimate of drug-likeness (QED) is 0.728. The van der Waals surface area contributed by atoms with Gasteiger partial charge >= 0.3 is 0 Å². The Morgan fingerprint density at radius 2 is 2.13 bits per heavy atom. The van der Waals surface area contributed by atoms with Crippen LogP contribution in [0.15, 0.2) is 30.3 Å². The second-order valence-corrected chi connectivity index (χ2v) is 3.94. The van der Waals surface area contributed by atoms with Crippen LogP contribution in [0.3, 0.4) is 0 Å². The summed E-state index contributed by atoms with van der Waals surface area (Å²) in [5, 5.41) is 9.04. The molecule has 2 heterocycles. The SMILES string of the molecule is N=C1CCCN1c1cc2ccccc2[nH]1. The normalized spacial score (nSPS) is 16.5. The number of fused-ring (bicyclic) bond motifs is 1. The van der Waals surface area contributed by atoms with Gasteiger partial charge in [-0.1, -0.05) is 18.2 Å². The molecular weight excluding hydrogens is 186 g/mol. The summed E-state index contributed by atoms with van der Waals surface area (Å²) in [7, 11) is 0. The molecule has 1 saturated heterocycles. The minimum atomic E-state index is 0.724. The molecule has 15 heavy (non-hydrogen) atoms. The number of nitrogens with zero attached hydrogens (tertiary/aromatic N) is 1. The maximum Gasteiger partial charge on any atom is 0.112 e. The summed E-state index contributed by atoms with van der Waals surface area (Å²) < 4.78 is 0. The fraction of sp³-hybridized carbons (Fsp3) is 0.250. The molecule has 1 aromatic heterocycles. The van der Waals surface area contributed by atoms with Gasteiger partial charge in [0.25, 0.3) is 0 Å². The third-order valence-electron chi connectivity index (χ3n) is 2.93. The third-order valence-corrected chi connectivity index (χ3v) is 2.93. The van der Waals surface area contributed by atoms with Gasteiger partial charge in [-0.15, -0.1) is 0 Å². The van der Waals surface area contributed by atoms with Gasteiger partial charge in [-0.05, 0) is 18.6 Å². The summed E-state index contributed by atoms with van der Waals surface area (Å²) in [4.78, 5) is 5.41. The van der Waals surface area contributed by atoms with Gasteiger partial charge in [0.1, 0.15) is 11.7 Å². The molecule has 0 spiro atoms. The van der Waals surface area contributed by atoms with E-state index < -0.39 is 0 Å². The monoisotopic (exact) mass is 199 g/mol. The maximum absolute atomic E-state index is 7.82. The second-order valence-electron chi connectivity index (χ2n) is 3.94. The highest BCUT2D eigenvalue weighted by molar-refractivity contribution is 5.99. The summed E-state index contributed by atoms with van der Waals surface area (Å²) in [5.74, 6) is 1.78. The lowest BCUT2D eigenvalue weighted by atomic mass is 10.2. The molecule has 0 atom stereocenters. The highest BCUT2D eigenvalue weighted by Crippen LogP contribution is 2.25. The fourth-order valence-electron chi connectivity index (χ4n) is 2.14. The fourth-order valence-corrected chi connectivity index (χ4v) is 2.14. The molecule has 2 aromatic rings. The van der Waals surface area contributed by atoms with Gasteiger partial charge in [-0.3, -0.25) is 5.41 Å². The van der Waals surface area contributed by atoms with Crippen LogP contribution in [-0.4, -0.2) is 17.4 Å². The zero-order chi connectivity index (χ0) is 10.3. The van der Waals surface area contributed by atoms with Crippen molar-refractivity contribution in [2.45, 2.75) is 12.8 Å². The molecule has 0 unspecified atom stereocenters. The Kier molecular flexibility index (Phi) is 1.78. The number of aromatic amines is 1. The first-order chi connectivity index (χ1) is 7.34. The number of hydrogen-bond donors (Lipinski definition) is 2. The molecule has 0 radical (unpaired) electrons. The van der Waals surface area contributed by atoms with Crippen LogP contribution in [0, 0.1) is 5.41 Å². The maximum atomic E-state index is 7.82. The van der Waals surface area contributed by atoms with Gasteiger partial charge in [0.2, 0.25) is 0 Å².